The Morgan fingerprint density at radius 2 is 2.31 bits per heavy atom. The van der Waals surface area contributed by atoms with Crippen LogP contribution in [0.2, 0.25) is 0 Å². The number of nitrogens with one attached hydrogen (secondary N) is 1. The number of rotatable bonds is 2. The minimum atomic E-state index is 0.00227. The number of aliphatic imine (C=N–C) groups is 1. The summed E-state index contributed by atoms with van der Waals surface area (Å²) in [5.41, 5.74) is 0. The smallest absolute Gasteiger partial charge is 0.235 e. The summed E-state index contributed by atoms with van der Waals surface area (Å²) in [6.45, 7) is 6.39. The van der Waals surface area contributed by atoms with Crippen LogP contribution in [0.4, 0.5) is 0 Å². The normalized spacial score (nSPS) is 23.1. The van der Waals surface area contributed by atoms with Crippen LogP contribution in [0.15, 0.2) is 4.99 Å². The first-order chi connectivity index (χ1) is 7.77. The van der Waals surface area contributed by atoms with Crippen molar-refractivity contribution in [1.29, 1.82) is 0 Å². The van der Waals surface area contributed by atoms with Gasteiger partial charge in [-0.15, -0.1) is 0 Å². The molecule has 0 aromatic rings. The standard InChI is InChI=1S/C10H17N3OS2/c1-8(16-10-12-4-7-15-10)9(14)13-5-2-11-3-6-13/h8,11H,2-7H2,1H3. The fourth-order valence-corrected chi connectivity index (χ4v) is 3.94. The molecular formula is C10H17N3OS2. The zero-order valence-corrected chi connectivity index (χ0v) is 11.1. The molecule has 6 heteroatoms. The maximum Gasteiger partial charge on any atom is 0.235 e. The summed E-state index contributed by atoms with van der Waals surface area (Å²) in [6.07, 6.45) is 0. The van der Waals surface area contributed by atoms with Crippen molar-refractivity contribution in [1.82, 2.24) is 10.2 Å². The number of hydrogen-bond donors (Lipinski definition) is 1. The molecule has 1 N–H and O–H groups in total. The average Bonchev–Trinajstić information content (AvgIpc) is 2.82. The monoisotopic (exact) mass is 259 g/mol. The third-order valence-corrected chi connectivity index (χ3v) is 4.90. The molecule has 0 bridgehead atoms. The van der Waals surface area contributed by atoms with Crippen LogP contribution in [0, 0.1) is 0 Å². The van der Waals surface area contributed by atoms with E-state index in [1.54, 1.807) is 23.5 Å². The van der Waals surface area contributed by atoms with Crippen molar-refractivity contribution in [3.05, 3.63) is 0 Å². The van der Waals surface area contributed by atoms with Gasteiger partial charge in [-0.3, -0.25) is 9.79 Å². The second-order valence-electron chi connectivity index (χ2n) is 3.83. The molecule has 4 nitrogen and oxygen atoms in total. The van der Waals surface area contributed by atoms with Gasteiger partial charge in [0.15, 0.2) is 0 Å². The highest BCUT2D eigenvalue weighted by molar-refractivity contribution is 8.39. The highest BCUT2D eigenvalue weighted by atomic mass is 32.2. The SMILES string of the molecule is CC(SC1=NCCS1)C(=O)N1CCNCC1. The average molecular weight is 259 g/mol. The molecule has 2 heterocycles. The molecule has 16 heavy (non-hydrogen) atoms. The highest BCUT2D eigenvalue weighted by Crippen LogP contribution is 2.26. The molecular weight excluding hydrogens is 242 g/mol. The summed E-state index contributed by atoms with van der Waals surface area (Å²) in [4.78, 5) is 18.4. The van der Waals surface area contributed by atoms with Crippen molar-refractivity contribution >= 4 is 33.8 Å². The van der Waals surface area contributed by atoms with Crippen molar-refractivity contribution in [2.75, 3.05) is 38.5 Å². The second kappa shape index (κ2) is 5.93. The Morgan fingerprint density at radius 3 is 2.94 bits per heavy atom. The van der Waals surface area contributed by atoms with Crippen LogP contribution in [0.1, 0.15) is 6.92 Å². The fourth-order valence-electron chi connectivity index (χ4n) is 1.73. The van der Waals surface area contributed by atoms with E-state index in [2.05, 4.69) is 10.3 Å². The van der Waals surface area contributed by atoms with Gasteiger partial charge in [-0.05, 0) is 6.92 Å². The summed E-state index contributed by atoms with van der Waals surface area (Å²) >= 11 is 3.37. The third kappa shape index (κ3) is 3.15. The van der Waals surface area contributed by atoms with Gasteiger partial charge in [-0.1, -0.05) is 23.5 Å². The lowest BCUT2D eigenvalue weighted by Crippen LogP contribution is -2.48. The van der Waals surface area contributed by atoms with Crippen molar-refractivity contribution in [3.8, 4) is 0 Å². The number of carbonyl (C=O) groups is 1. The predicted octanol–water partition coefficient (Wildman–Crippen LogP) is 0.643. The Morgan fingerprint density at radius 1 is 1.56 bits per heavy atom. The number of nitrogens with zero attached hydrogens (tertiary/aromatic N) is 2. The van der Waals surface area contributed by atoms with Crippen LogP contribution < -0.4 is 5.32 Å². The van der Waals surface area contributed by atoms with Crippen LogP contribution in [-0.2, 0) is 4.79 Å². The Balaban J connectivity index is 1.83. The number of thioether (sulfide) groups is 2. The van der Waals surface area contributed by atoms with Gasteiger partial charge in [0.25, 0.3) is 0 Å². The lowest BCUT2D eigenvalue weighted by atomic mass is 10.3. The fraction of sp³-hybridized carbons (Fsp3) is 0.800. The van der Waals surface area contributed by atoms with E-state index in [0.717, 1.165) is 42.9 Å². The lowest BCUT2D eigenvalue weighted by molar-refractivity contribution is -0.130. The second-order valence-corrected chi connectivity index (χ2v) is 6.50. The van der Waals surface area contributed by atoms with Crippen molar-refractivity contribution in [2.45, 2.75) is 12.2 Å². The molecule has 0 aromatic heterocycles. The summed E-state index contributed by atoms with van der Waals surface area (Å²) in [5, 5.41) is 3.26. The summed E-state index contributed by atoms with van der Waals surface area (Å²) in [5.74, 6) is 1.32. The van der Waals surface area contributed by atoms with E-state index in [1.807, 2.05) is 11.8 Å². The minimum Gasteiger partial charge on any atom is -0.339 e. The molecule has 1 atom stereocenters. The Labute approximate surface area is 105 Å². The van der Waals surface area contributed by atoms with Gasteiger partial charge >= 0.3 is 0 Å². The molecule has 90 valence electrons. The molecule has 1 saturated heterocycles. The molecule has 1 fully saturated rings. The van der Waals surface area contributed by atoms with Gasteiger partial charge in [-0.25, -0.2) is 0 Å². The zero-order chi connectivity index (χ0) is 11.4. The molecule has 0 saturated carbocycles. The summed E-state index contributed by atoms with van der Waals surface area (Å²) in [7, 11) is 0. The van der Waals surface area contributed by atoms with E-state index in [-0.39, 0.29) is 11.2 Å². The van der Waals surface area contributed by atoms with Crippen molar-refractivity contribution in [3.63, 3.8) is 0 Å². The molecule has 0 aliphatic carbocycles. The number of piperazine rings is 1. The number of carbonyl (C=O) groups excluding carboxylic acids is 1. The van der Waals surface area contributed by atoms with Crippen LogP contribution >= 0.6 is 23.5 Å². The van der Waals surface area contributed by atoms with E-state index >= 15 is 0 Å². The quantitative estimate of drug-likeness (QED) is 0.790. The van der Waals surface area contributed by atoms with Gasteiger partial charge in [0.2, 0.25) is 5.91 Å². The van der Waals surface area contributed by atoms with Crippen LogP contribution in [0.3, 0.4) is 0 Å². The summed E-state index contributed by atoms with van der Waals surface area (Å²) in [6, 6.07) is 0. The molecule has 1 unspecified atom stereocenters. The molecule has 2 aliphatic rings. The van der Waals surface area contributed by atoms with Gasteiger partial charge in [0.05, 0.1) is 11.8 Å². The third-order valence-electron chi connectivity index (χ3n) is 2.61. The Kier molecular flexibility index (Phi) is 4.55. The molecule has 2 aliphatic heterocycles. The molecule has 2 rings (SSSR count). The first-order valence-electron chi connectivity index (χ1n) is 5.61. The Bertz CT molecular complexity index is 290. The van der Waals surface area contributed by atoms with Gasteiger partial charge < -0.3 is 10.2 Å². The Hall–Kier alpha value is -0.200. The largest absolute Gasteiger partial charge is 0.339 e. The highest BCUT2D eigenvalue weighted by Gasteiger charge is 2.24. The lowest BCUT2D eigenvalue weighted by Gasteiger charge is -2.29. The first kappa shape index (κ1) is 12.3. The maximum atomic E-state index is 12.1. The predicted molar refractivity (Wildman–Crippen MR) is 71.3 cm³/mol. The van der Waals surface area contributed by atoms with Crippen LogP contribution in [0.5, 0.6) is 0 Å². The topological polar surface area (TPSA) is 44.7 Å². The molecule has 0 spiro atoms. The van der Waals surface area contributed by atoms with Gasteiger partial charge in [0.1, 0.15) is 4.38 Å². The van der Waals surface area contributed by atoms with Crippen LogP contribution in [0.25, 0.3) is 0 Å². The molecule has 1 amide bonds. The van der Waals surface area contributed by atoms with Gasteiger partial charge in [0, 0.05) is 31.9 Å². The van der Waals surface area contributed by atoms with E-state index in [0.29, 0.717) is 0 Å². The van der Waals surface area contributed by atoms with Gasteiger partial charge in [-0.2, -0.15) is 0 Å². The first-order valence-corrected chi connectivity index (χ1v) is 7.47. The number of amides is 1. The zero-order valence-electron chi connectivity index (χ0n) is 9.44. The van der Waals surface area contributed by atoms with E-state index < -0.39 is 0 Å². The van der Waals surface area contributed by atoms with E-state index in [9.17, 15) is 4.79 Å². The molecule has 0 radical (unpaired) electrons. The minimum absolute atomic E-state index is 0.00227. The summed E-state index contributed by atoms with van der Waals surface area (Å²) < 4.78 is 1.08. The van der Waals surface area contributed by atoms with Crippen molar-refractivity contribution in [2.24, 2.45) is 4.99 Å². The van der Waals surface area contributed by atoms with E-state index in [4.69, 9.17) is 0 Å². The van der Waals surface area contributed by atoms with Crippen LogP contribution in [-0.4, -0.2) is 58.9 Å². The maximum absolute atomic E-state index is 12.1. The number of hydrogen-bond acceptors (Lipinski definition) is 5. The van der Waals surface area contributed by atoms with E-state index in [1.165, 1.54) is 0 Å². The molecule has 0 aromatic carbocycles. The van der Waals surface area contributed by atoms with Crippen molar-refractivity contribution < 1.29 is 4.79 Å².